The lowest BCUT2D eigenvalue weighted by molar-refractivity contribution is 0.521. The molecule has 0 spiro atoms. The first kappa shape index (κ1) is 15.0. The highest BCUT2D eigenvalue weighted by molar-refractivity contribution is 6.30. The highest BCUT2D eigenvalue weighted by Crippen LogP contribution is 2.15. The smallest absolute Gasteiger partial charge is 0.123 e. The minimum Gasteiger partial charge on any atom is -0.271 e. The van der Waals surface area contributed by atoms with E-state index in [4.69, 9.17) is 17.4 Å². The van der Waals surface area contributed by atoms with Crippen LogP contribution in [0.2, 0.25) is 5.02 Å². The first-order valence-electron chi connectivity index (χ1n) is 6.54. The predicted molar refractivity (Wildman–Crippen MR) is 81.1 cm³/mol. The molecule has 1 atom stereocenters. The molecule has 0 aliphatic rings. The quantitative estimate of drug-likeness (QED) is 0.655. The highest BCUT2D eigenvalue weighted by atomic mass is 35.5. The van der Waals surface area contributed by atoms with Gasteiger partial charge in [0.25, 0.3) is 0 Å². The molecule has 4 heteroatoms. The number of aryl methyl sites for hydroxylation is 1. The Morgan fingerprint density at radius 3 is 2.45 bits per heavy atom. The van der Waals surface area contributed by atoms with E-state index in [1.165, 1.54) is 6.07 Å². The SMILES string of the molecule is Cc1cc(F)ccc1CC(Cc1ccc(Cl)cc1)NN. The average Bonchev–Trinajstić information content (AvgIpc) is 2.43. The van der Waals surface area contributed by atoms with Crippen LogP contribution < -0.4 is 11.3 Å². The third kappa shape index (κ3) is 4.04. The van der Waals surface area contributed by atoms with Crippen molar-refractivity contribution in [3.63, 3.8) is 0 Å². The van der Waals surface area contributed by atoms with Crippen LogP contribution in [0.4, 0.5) is 4.39 Å². The third-order valence-electron chi connectivity index (χ3n) is 3.40. The van der Waals surface area contributed by atoms with Crippen molar-refractivity contribution >= 4 is 11.6 Å². The molecule has 2 nitrogen and oxygen atoms in total. The van der Waals surface area contributed by atoms with Crippen LogP contribution in [0.25, 0.3) is 0 Å². The fourth-order valence-electron chi connectivity index (χ4n) is 2.25. The zero-order valence-electron chi connectivity index (χ0n) is 11.4. The second-order valence-corrected chi connectivity index (χ2v) is 5.41. The van der Waals surface area contributed by atoms with Crippen LogP contribution in [-0.2, 0) is 12.8 Å². The zero-order valence-corrected chi connectivity index (χ0v) is 12.1. The number of halogens is 2. The summed E-state index contributed by atoms with van der Waals surface area (Å²) < 4.78 is 13.1. The molecule has 0 aliphatic heterocycles. The van der Waals surface area contributed by atoms with Crippen LogP contribution in [-0.4, -0.2) is 6.04 Å². The maximum absolute atomic E-state index is 13.1. The van der Waals surface area contributed by atoms with Crippen molar-refractivity contribution in [1.82, 2.24) is 5.43 Å². The van der Waals surface area contributed by atoms with Gasteiger partial charge >= 0.3 is 0 Å². The van der Waals surface area contributed by atoms with E-state index < -0.39 is 0 Å². The van der Waals surface area contributed by atoms with Gasteiger partial charge in [0, 0.05) is 11.1 Å². The molecule has 20 heavy (non-hydrogen) atoms. The number of nitrogens with one attached hydrogen (secondary N) is 1. The summed E-state index contributed by atoms with van der Waals surface area (Å²) in [6, 6.07) is 12.7. The summed E-state index contributed by atoms with van der Waals surface area (Å²) in [5, 5.41) is 0.723. The van der Waals surface area contributed by atoms with Crippen LogP contribution in [0.15, 0.2) is 42.5 Å². The molecule has 0 saturated carbocycles. The summed E-state index contributed by atoms with van der Waals surface area (Å²) in [5.74, 6) is 5.42. The predicted octanol–water partition coefficient (Wildman–Crippen LogP) is 3.40. The van der Waals surface area contributed by atoms with Gasteiger partial charge in [-0.05, 0) is 60.7 Å². The Morgan fingerprint density at radius 1 is 1.15 bits per heavy atom. The largest absolute Gasteiger partial charge is 0.271 e. The van der Waals surface area contributed by atoms with E-state index in [-0.39, 0.29) is 11.9 Å². The molecule has 0 radical (unpaired) electrons. The first-order chi connectivity index (χ1) is 9.58. The summed E-state index contributed by atoms with van der Waals surface area (Å²) in [5.41, 5.74) is 6.04. The average molecular weight is 293 g/mol. The maximum Gasteiger partial charge on any atom is 0.123 e. The molecule has 106 valence electrons. The standard InChI is InChI=1S/C16H18ClFN2/c1-11-8-15(18)7-4-13(11)10-16(20-19)9-12-2-5-14(17)6-3-12/h2-8,16,20H,9-10,19H2,1H3. The molecule has 0 fully saturated rings. The van der Waals surface area contributed by atoms with Gasteiger partial charge in [-0.1, -0.05) is 29.8 Å². The van der Waals surface area contributed by atoms with Crippen molar-refractivity contribution in [2.45, 2.75) is 25.8 Å². The van der Waals surface area contributed by atoms with E-state index >= 15 is 0 Å². The number of hydrazine groups is 1. The molecular weight excluding hydrogens is 275 g/mol. The van der Waals surface area contributed by atoms with Crippen LogP contribution in [0.3, 0.4) is 0 Å². The van der Waals surface area contributed by atoms with E-state index in [2.05, 4.69) is 5.43 Å². The number of benzene rings is 2. The van der Waals surface area contributed by atoms with E-state index in [1.54, 1.807) is 6.07 Å². The fraction of sp³-hybridized carbons (Fsp3) is 0.250. The van der Waals surface area contributed by atoms with Gasteiger partial charge in [-0.25, -0.2) is 4.39 Å². The van der Waals surface area contributed by atoms with Crippen LogP contribution >= 0.6 is 11.6 Å². The van der Waals surface area contributed by atoms with Gasteiger partial charge in [-0.3, -0.25) is 11.3 Å². The minimum absolute atomic E-state index is 0.0975. The first-order valence-corrected chi connectivity index (χ1v) is 6.92. The molecule has 0 aliphatic carbocycles. The van der Waals surface area contributed by atoms with Gasteiger partial charge in [0.1, 0.15) is 5.82 Å². The Labute approximate surface area is 123 Å². The molecule has 2 rings (SSSR count). The number of rotatable bonds is 5. The van der Waals surface area contributed by atoms with E-state index in [0.717, 1.165) is 34.6 Å². The number of hydrogen-bond donors (Lipinski definition) is 2. The van der Waals surface area contributed by atoms with E-state index in [1.807, 2.05) is 37.3 Å². The van der Waals surface area contributed by atoms with Crippen molar-refractivity contribution in [1.29, 1.82) is 0 Å². The van der Waals surface area contributed by atoms with Gasteiger partial charge in [-0.2, -0.15) is 0 Å². The van der Waals surface area contributed by atoms with Crippen molar-refractivity contribution in [3.8, 4) is 0 Å². The number of hydrogen-bond acceptors (Lipinski definition) is 2. The van der Waals surface area contributed by atoms with E-state index in [0.29, 0.717) is 0 Å². The van der Waals surface area contributed by atoms with Crippen LogP contribution in [0, 0.1) is 12.7 Å². The van der Waals surface area contributed by atoms with Crippen LogP contribution in [0.1, 0.15) is 16.7 Å². The molecule has 1 unspecified atom stereocenters. The van der Waals surface area contributed by atoms with E-state index in [9.17, 15) is 4.39 Å². The second kappa shape index (κ2) is 6.84. The summed E-state index contributed by atoms with van der Waals surface area (Å²) in [6.45, 7) is 1.91. The van der Waals surface area contributed by atoms with Crippen molar-refractivity contribution in [2.75, 3.05) is 0 Å². The molecule has 0 aromatic heterocycles. The van der Waals surface area contributed by atoms with Crippen molar-refractivity contribution in [3.05, 3.63) is 70.0 Å². The zero-order chi connectivity index (χ0) is 14.5. The van der Waals surface area contributed by atoms with Crippen molar-refractivity contribution in [2.24, 2.45) is 5.84 Å². The topological polar surface area (TPSA) is 38.0 Å². The number of nitrogens with two attached hydrogens (primary N) is 1. The van der Waals surface area contributed by atoms with Crippen LogP contribution in [0.5, 0.6) is 0 Å². The Balaban J connectivity index is 2.07. The second-order valence-electron chi connectivity index (χ2n) is 4.97. The molecule has 3 N–H and O–H groups in total. The van der Waals surface area contributed by atoms with Gasteiger partial charge in [0.15, 0.2) is 0 Å². The summed E-state index contributed by atoms with van der Waals surface area (Å²) in [7, 11) is 0. The molecular formula is C16H18ClFN2. The fourth-order valence-corrected chi connectivity index (χ4v) is 2.37. The Bertz CT molecular complexity index is 569. The lowest BCUT2D eigenvalue weighted by Gasteiger charge is -2.17. The van der Waals surface area contributed by atoms with Crippen molar-refractivity contribution < 1.29 is 4.39 Å². The highest BCUT2D eigenvalue weighted by Gasteiger charge is 2.11. The normalized spacial score (nSPS) is 12.4. The Morgan fingerprint density at radius 2 is 1.85 bits per heavy atom. The molecule has 2 aromatic rings. The van der Waals surface area contributed by atoms with Gasteiger partial charge in [0.05, 0.1) is 0 Å². The molecule has 0 heterocycles. The Hall–Kier alpha value is -1.42. The summed E-state index contributed by atoms with van der Waals surface area (Å²) in [4.78, 5) is 0. The summed E-state index contributed by atoms with van der Waals surface area (Å²) in [6.07, 6.45) is 1.55. The third-order valence-corrected chi connectivity index (χ3v) is 3.65. The Kier molecular flexibility index (Phi) is 5.12. The molecule has 0 saturated heterocycles. The molecule has 0 bridgehead atoms. The molecule has 2 aromatic carbocycles. The van der Waals surface area contributed by atoms with Gasteiger partial charge in [0.2, 0.25) is 0 Å². The lowest BCUT2D eigenvalue weighted by Crippen LogP contribution is -2.38. The minimum atomic E-state index is -0.207. The van der Waals surface area contributed by atoms with Gasteiger partial charge < -0.3 is 0 Å². The summed E-state index contributed by atoms with van der Waals surface area (Å²) >= 11 is 5.87. The van der Waals surface area contributed by atoms with Gasteiger partial charge in [-0.15, -0.1) is 0 Å². The maximum atomic E-state index is 13.1. The molecule has 0 amide bonds. The monoisotopic (exact) mass is 292 g/mol. The lowest BCUT2D eigenvalue weighted by atomic mass is 9.97.